The number of nitrogens with one attached hydrogen (secondary N) is 2. The van der Waals surface area contributed by atoms with Gasteiger partial charge in [0.15, 0.2) is 0 Å². The lowest BCUT2D eigenvalue weighted by atomic mass is 10.1. The third-order valence-corrected chi connectivity index (χ3v) is 2.87. The fraction of sp³-hybridized carbons (Fsp3) is 0.462. The Morgan fingerprint density at radius 1 is 1.37 bits per heavy atom. The number of carbonyl (C=O) groups is 1. The Labute approximate surface area is 109 Å². The molecular weight excluding hydrogens is 257 g/mol. The van der Waals surface area contributed by atoms with Crippen molar-refractivity contribution >= 4 is 11.6 Å². The Bertz CT molecular complexity index is 481. The van der Waals surface area contributed by atoms with E-state index < -0.39 is 17.6 Å². The van der Waals surface area contributed by atoms with Gasteiger partial charge in [0.1, 0.15) is 0 Å². The molecule has 0 bridgehead atoms. The van der Waals surface area contributed by atoms with Crippen molar-refractivity contribution in [3.8, 4) is 0 Å². The standard InChI is InChI=1S/C13H15F3N2O/c1-2-17-11-6-3-8(7-10(11)13(14,15)16)12(19)18-9-4-5-9/h3,6-7,9,17H,2,4-5H2,1H3,(H,18,19). The van der Waals surface area contributed by atoms with Gasteiger partial charge in [0.25, 0.3) is 5.91 Å². The summed E-state index contributed by atoms with van der Waals surface area (Å²) in [5.74, 6) is -0.448. The van der Waals surface area contributed by atoms with Gasteiger partial charge in [-0.2, -0.15) is 13.2 Å². The van der Waals surface area contributed by atoms with E-state index in [2.05, 4.69) is 10.6 Å². The summed E-state index contributed by atoms with van der Waals surface area (Å²) in [6.45, 7) is 2.10. The quantitative estimate of drug-likeness (QED) is 0.884. The van der Waals surface area contributed by atoms with Crippen LogP contribution in [0.4, 0.5) is 18.9 Å². The second kappa shape index (κ2) is 5.11. The summed E-state index contributed by atoms with van der Waals surface area (Å²) >= 11 is 0. The van der Waals surface area contributed by atoms with E-state index in [-0.39, 0.29) is 17.3 Å². The highest BCUT2D eigenvalue weighted by Crippen LogP contribution is 2.35. The van der Waals surface area contributed by atoms with Crippen LogP contribution in [0.1, 0.15) is 35.7 Å². The monoisotopic (exact) mass is 272 g/mol. The van der Waals surface area contributed by atoms with Gasteiger partial charge < -0.3 is 10.6 Å². The number of rotatable bonds is 4. The maximum Gasteiger partial charge on any atom is 0.418 e. The van der Waals surface area contributed by atoms with E-state index in [1.807, 2.05) is 0 Å². The number of benzene rings is 1. The van der Waals surface area contributed by atoms with Crippen LogP contribution in [0.25, 0.3) is 0 Å². The Morgan fingerprint density at radius 2 is 2.05 bits per heavy atom. The van der Waals surface area contributed by atoms with Crippen LogP contribution in [0, 0.1) is 0 Å². The van der Waals surface area contributed by atoms with Crippen molar-refractivity contribution in [2.24, 2.45) is 0 Å². The smallest absolute Gasteiger partial charge is 0.385 e. The van der Waals surface area contributed by atoms with Gasteiger partial charge in [-0.15, -0.1) is 0 Å². The number of hydrogen-bond acceptors (Lipinski definition) is 2. The Hall–Kier alpha value is -1.72. The average molecular weight is 272 g/mol. The van der Waals surface area contributed by atoms with E-state index in [1.54, 1.807) is 6.92 Å². The molecule has 6 heteroatoms. The Kier molecular flexibility index (Phi) is 3.68. The highest BCUT2D eigenvalue weighted by atomic mass is 19.4. The van der Waals surface area contributed by atoms with Crippen molar-refractivity contribution in [3.63, 3.8) is 0 Å². The van der Waals surface area contributed by atoms with E-state index >= 15 is 0 Å². The molecule has 1 aromatic rings. The van der Waals surface area contributed by atoms with E-state index in [1.165, 1.54) is 12.1 Å². The predicted molar refractivity (Wildman–Crippen MR) is 66.1 cm³/mol. The van der Waals surface area contributed by atoms with E-state index in [4.69, 9.17) is 0 Å². The first-order valence-corrected chi connectivity index (χ1v) is 6.17. The fourth-order valence-corrected chi connectivity index (χ4v) is 1.76. The molecule has 19 heavy (non-hydrogen) atoms. The first kappa shape index (κ1) is 13.7. The maximum absolute atomic E-state index is 12.9. The molecule has 0 unspecified atom stereocenters. The first-order chi connectivity index (χ1) is 8.91. The first-order valence-electron chi connectivity index (χ1n) is 6.17. The summed E-state index contributed by atoms with van der Waals surface area (Å²) in [7, 11) is 0. The number of hydrogen-bond donors (Lipinski definition) is 2. The minimum atomic E-state index is -4.48. The molecule has 0 aromatic heterocycles. The van der Waals surface area contributed by atoms with Crippen LogP contribution in [-0.2, 0) is 6.18 Å². The molecule has 0 heterocycles. The molecule has 2 N–H and O–H groups in total. The highest BCUT2D eigenvalue weighted by Gasteiger charge is 2.34. The van der Waals surface area contributed by atoms with Gasteiger partial charge in [-0.1, -0.05) is 0 Å². The molecule has 3 nitrogen and oxygen atoms in total. The minimum absolute atomic E-state index is 0.00188. The highest BCUT2D eigenvalue weighted by molar-refractivity contribution is 5.95. The zero-order valence-electron chi connectivity index (χ0n) is 10.5. The summed E-state index contributed by atoms with van der Waals surface area (Å²) in [5, 5.41) is 5.32. The molecule has 1 aromatic carbocycles. The third-order valence-electron chi connectivity index (χ3n) is 2.87. The van der Waals surface area contributed by atoms with Gasteiger partial charge in [-0.05, 0) is 38.0 Å². The van der Waals surface area contributed by atoms with Crippen LogP contribution in [0.5, 0.6) is 0 Å². The van der Waals surface area contributed by atoms with E-state index in [9.17, 15) is 18.0 Å². The van der Waals surface area contributed by atoms with Gasteiger partial charge in [-0.25, -0.2) is 0 Å². The Balaban J connectivity index is 2.28. The average Bonchev–Trinajstić information content (AvgIpc) is 3.12. The van der Waals surface area contributed by atoms with Crippen LogP contribution in [0.3, 0.4) is 0 Å². The lowest BCUT2D eigenvalue weighted by Gasteiger charge is -2.15. The summed E-state index contributed by atoms with van der Waals surface area (Å²) in [6, 6.07) is 3.73. The molecule has 0 aliphatic heterocycles. The van der Waals surface area contributed by atoms with Crippen LogP contribution >= 0.6 is 0 Å². The van der Waals surface area contributed by atoms with Gasteiger partial charge in [0, 0.05) is 23.8 Å². The van der Waals surface area contributed by atoms with Crippen molar-refractivity contribution in [1.29, 1.82) is 0 Å². The summed E-state index contributed by atoms with van der Waals surface area (Å²) in [4.78, 5) is 11.7. The van der Waals surface area contributed by atoms with Crippen LogP contribution < -0.4 is 10.6 Å². The number of carbonyl (C=O) groups excluding carboxylic acids is 1. The molecule has 1 aliphatic rings. The molecule has 0 atom stereocenters. The number of anilines is 1. The molecule has 0 spiro atoms. The summed E-state index contributed by atoms with van der Waals surface area (Å²) in [5.41, 5.74) is -0.767. The lowest BCUT2D eigenvalue weighted by Crippen LogP contribution is -2.26. The topological polar surface area (TPSA) is 41.1 Å². The number of alkyl halides is 3. The van der Waals surface area contributed by atoms with Crippen molar-refractivity contribution in [2.45, 2.75) is 32.0 Å². The molecule has 1 fully saturated rings. The SMILES string of the molecule is CCNc1ccc(C(=O)NC2CC2)cc1C(F)(F)F. The Morgan fingerprint density at radius 3 is 2.58 bits per heavy atom. The predicted octanol–water partition coefficient (Wildman–Crippen LogP) is 3.03. The van der Waals surface area contributed by atoms with Crippen molar-refractivity contribution in [1.82, 2.24) is 5.32 Å². The molecule has 1 amide bonds. The van der Waals surface area contributed by atoms with Crippen LogP contribution in [0.2, 0.25) is 0 Å². The van der Waals surface area contributed by atoms with Crippen LogP contribution in [-0.4, -0.2) is 18.5 Å². The van der Waals surface area contributed by atoms with Gasteiger partial charge >= 0.3 is 6.18 Å². The summed E-state index contributed by atoms with van der Waals surface area (Å²) < 4.78 is 38.8. The zero-order valence-corrected chi connectivity index (χ0v) is 10.5. The fourth-order valence-electron chi connectivity index (χ4n) is 1.76. The number of halogens is 3. The normalized spacial score (nSPS) is 15.2. The van der Waals surface area contributed by atoms with Crippen LogP contribution in [0.15, 0.2) is 18.2 Å². The lowest BCUT2D eigenvalue weighted by molar-refractivity contribution is -0.137. The second-order valence-corrected chi connectivity index (χ2v) is 4.54. The van der Waals surface area contributed by atoms with Crippen molar-refractivity contribution in [2.75, 3.05) is 11.9 Å². The summed E-state index contributed by atoms with van der Waals surface area (Å²) in [6.07, 6.45) is -2.69. The van der Waals surface area contributed by atoms with Gasteiger partial charge in [-0.3, -0.25) is 4.79 Å². The van der Waals surface area contributed by atoms with Gasteiger partial charge in [0.05, 0.1) is 5.56 Å². The minimum Gasteiger partial charge on any atom is -0.385 e. The molecule has 2 rings (SSSR count). The molecule has 104 valence electrons. The zero-order chi connectivity index (χ0) is 14.0. The molecule has 1 saturated carbocycles. The molecule has 1 aliphatic carbocycles. The maximum atomic E-state index is 12.9. The molecule has 0 saturated heterocycles. The van der Waals surface area contributed by atoms with Crippen molar-refractivity contribution in [3.05, 3.63) is 29.3 Å². The largest absolute Gasteiger partial charge is 0.418 e. The van der Waals surface area contributed by atoms with E-state index in [0.717, 1.165) is 18.9 Å². The van der Waals surface area contributed by atoms with Crippen molar-refractivity contribution < 1.29 is 18.0 Å². The number of amides is 1. The second-order valence-electron chi connectivity index (χ2n) is 4.54. The molecular formula is C13H15F3N2O. The van der Waals surface area contributed by atoms with Gasteiger partial charge in [0.2, 0.25) is 0 Å². The van der Waals surface area contributed by atoms with E-state index in [0.29, 0.717) is 6.54 Å². The third kappa shape index (κ3) is 3.39. The molecule has 0 radical (unpaired) electrons.